The summed E-state index contributed by atoms with van der Waals surface area (Å²) in [6.45, 7) is 2.81. The van der Waals surface area contributed by atoms with Gasteiger partial charge in [-0.3, -0.25) is 9.89 Å². The third-order valence-electron chi connectivity index (χ3n) is 3.80. The standard InChI is InChI=1S/C13H20N4O/c18-13(12-5-7-15-16-12)17(8-10-3-4-10)9-11-2-1-6-14-11/h5,7,10-11,14H,1-4,6,8-9H2,(H,15,16). The number of carbonyl (C=O) groups is 1. The van der Waals surface area contributed by atoms with E-state index < -0.39 is 0 Å². The van der Waals surface area contributed by atoms with E-state index >= 15 is 0 Å². The number of amides is 1. The molecule has 0 bridgehead atoms. The Morgan fingerprint density at radius 1 is 1.39 bits per heavy atom. The highest BCUT2D eigenvalue weighted by molar-refractivity contribution is 5.92. The van der Waals surface area contributed by atoms with Crippen molar-refractivity contribution in [2.75, 3.05) is 19.6 Å². The average molecular weight is 248 g/mol. The molecule has 2 aliphatic rings. The summed E-state index contributed by atoms with van der Waals surface area (Å²) in [5, 5.41) is 10.1. The monoisotopic (exact) mass is 248 g/mol. The number of hydrogen-bond acceptors (Lipinski definition) is 3. The zero-order valence-electron chi connectivity index (χ0n) is 10.6. The number of carbonyl (C=O) groups excluding carboxylic acids is 1. The molecule has 1 atom stereocenters. The minimum Gasteiger partial charge on any atom is -0.335 e. The SMILES string of the molecule is O=C(c1ccn[nH]1)N(CC1CC1)CC1CCCN1. The molecule has 5 nitrogen and oxygen atoms in total. The van der Waals surface area contributed by atoms with Gasteiger partial charge in [0.05, 0.1) is 0 Å². The molecule has 2 heterocycles. The summed E-state index contributed by atoms with van der Waals surface area (Å²) in [6.07, 6.45) is 6.57. The first-order valence-corrected chi connectivity index (χ1v) is 6.85. The van der Waals surface area contributed by atoms with Gasteiger partial charge in [-0.15, -0.1) is 0 Å². The molecule has 1 aliphatic heterocycles. The molecule has 0 radical (unpaired) electrons. The van der Waals surface area contributed by atoms with Crippen LogP contribution in [0.5, 0.6) is 0 Å². The minimum atomic E-state index is 0.0908. The number of nitrogens with zero attached hydrogens (tertiary/aromatic N) is 2. The molecule has 2 fully saturated rings. The van der Waals surface area contributed by atoms with Gasteiger partial charge in [-0.1, -0.05) is 0 Å². The van der Waals surface area contributed by atoms with E-state index in [-0.39, 0.29) is 5.91 Å². The molecule has 18 heavy (non-hydrogen) atoms. The maximum absolute atomic E-state index is 12.4. The van der Waals surface area contributed by atoms with Gasteiger partial charge in [0.25, 0.3) is 5.91 Å². The van der Waals surface area contributed by atoms with Crippen molar-refractivity contribution in [1.82, 2.24) is 20.4 Å². The molecule has 1 saturated heterocycles. The number of aromatic nitrogens is 2. The Balaban J connectivity index is 1.65. The lowest BCUT2D eigenvalue weighted by Gasteiger charge is -2.25. The smallest absolute Gasteiger partial charge is 0.271 e. The number of aromatic amines is 1. The summed E-state index contributed by atoms with van der Waals surface area (Å²) >= 11 is 0. The van der Waals surface area contributed by atoms with Gasteiger partial charge in [0.1, 0.15) is 5.69 Å². The van der Waals surface area contributed by atoms with Crippen LogP contribution in [0.15, 0.2) is 12.3 Å². The maximum atomic E-state index is 12.4. The van der Waals surface area contributed by atoms with Crippen molar-refractivity contribution in [1.29, 1.82) is 0 Å². The van der Waals surface area contributed by atoms with Crippen molar-refractivity contribution < 1.29 is 4.79 Å². The second-order valence-corrected chi connectivity index (χ2v) is 5.42. The van der Waals surface area contributed by atoms with Crippen LogP contribution >= 0.6 is 0 Å². The molecule has 1 aliphatic carbocycles. The molecule has 0 spiro atoms. The van der Waals surface area contributed by atoms with Crippen LogP contribution in [0, 0.1) is 5.92 Å². The van der Waals surface area contributed by atoms with E-state index in [0.29, 0.717) is 11.7 Å². The third kappa shape index (κ3) is 2.72. The molecule has 5 heteroatoms. The second-order valence-electron chi connectivity index (χ2n) is 5.42. The zero-order chi connectivity index (χ0) is 12.4. The van der Waals surface area contributed by atoms with E-state index in [4.69, 9.17) is 0 Å². The molecule has 0 aromatic carbocycles. The van der Waals surface area contributed by atoms with E-state index in [1.165, 1.54) is 25.7 Å². The first kappa shape index (κ1) is 11.7. The summed E-state index contributed by atoms with van der Waals surface area (Å²) in [7, 11) is 0. The highest BCUT2D eigenvalue weighted by atomic mass is 16.2. The van der Waals surface area contributed by atoms with Crippen LogP contribution in [0.4, 0.5) is 0 Å². The summed E-state index contributed by atoms with van der Waals surface area (Å²) in [4.78, 5) is 14.4. The van der Waals surface area contributed by atoms with E-state index in [1.807, 2.05) is 4.90 Å². The van der Waals surface area contributed by atoms with Crippen LogP contribution < -0.4 is 5.32 Å². The summed E-state index contributed by atoms with van der Waals surface area (Å²) in [5.74, 6) is 0.811. The van der Waals surface area contributed by atoms with Crippen molar-refractivity contribution in [2.45, 2.75) is 31.7 Å². The van der Waals surface area contributed by atoms with Crippen LogP contribution in [0.25, 0.3) is 0 Å². The van der Waals surface area contributed by atoms with Gasteiger partial charge >= 0.3 is 0 Å². The molecule has 1 aromatic heterocycles. The van der Waals surface area contributed by atoms with Crippen molar-refractivity contribution in [3.05, 3.63) is 18.0 Å². The molecule has 1 amide bonds. The van der Waals surface area contributed by atoms with Crippen LogP contribution in [0.1, 0.15) is 36.2 Å². The Kier molecular flexibility index (Phi) is 3.32. The lowest BCUT2D eigenvalue weighted by Crippen LogP contribution is -2.42. The summed E-state index contributed by atoms with van der Waals surface area (Å²) in [6, 6.07) is 2.22. The van der Waals surface area contributed by atoms with Crippen LogP contribution in [-0.4, -0.2) is 46.7 Å². The highest BCUT2D eigenvalue weighted by Crippen LogP contribution is 2.30. The van der Waals surface area contributed by atoms with Crippen LogP contribution in [0.2, 0.25) is 0 Å². The van der Waals surface area contributed by atoms with Crippen molar-refractivity contribution >= 4 is 5.91 Å². The van der Waals surface area contributed by atoms with E-state index in [9.17, 15) is 4.79 Å². The highest BCUT2D eigenvalue weighted by Gasteiger charge is 2.29. The van der Waals surface area contributed by atoms with E-state index in [1.54, 1.807) is 12.3 Å². The molecular formula is C13H20N4O. The summed E-state index contributed by atoms with van der Waals surface area (Å²) in [5.41, 5.74) is 0.605. The van der Waals surface area contributed by atoms with Crippen molar-refractivity contribution in [2.24, 2.45) is 5.92 Å². The quantitative estimate of drug-likeness (QED) is 0.817. The molecule has 1 saturated carbocycles. The maximum Gasteiger partial charge on any atom is 0.271 e. The van der Waals surface area contributed by atoms with Crippen molar-refractivity contribution in [3.63, 3.8) is 0 Å². The second kappa shape index (κ2) is 5.10. The van der Waals surface area contributed by atoms with Gasteiger partial charge in [-0.05, 0) is 44.2 Å². The Morgan fingerprint density at radius 3 is 2.89 bits per heavy atom. The fraction of sp³-hybridized carbons (Fsp3) is 0.692. The van der Waals surface area contributed by atoms with Gasteiger partial charge in [0.15, 0.2) is 0 Å². The van der Waals surface area contributed by atoms with E-state index in [2.05, 4.69) is 15.5 Å². The van der Waals surface area contributed by atoms with E-state index in [0.717, 1.165) is 25.6 Å². The third-order valence-corrected chi connectivity index (χ3v) is 3.80. The minimum absolute atomic E-state index is 0.0908. The number of hydrogen-bond donors (Lipinski definition) is 2. The Hall–Kier alpha value is -1.36. The average Bonchev–Trinajstić information content (AvgIpc) is 2.88. The number of nitrogens with one attached hydrogen (secondary N) is 2. The lowest BCUT2D eigenvalue weighted by molar-refractivity contribution is 0.0727. The zero-order valence-corrected chi connectivity index (χ0v) is 10.6. The van der Waals surface area contributed by atoms with Crippen LogP contribution in [-0.2, 0) is 0 Å². The summed E-state index contributed by atoms with van der Waals surface area (Å²) < 4.78 is 0. The van der Waals surface area contributed by atoms with Crippen molar-refractivity contribution in [3.8, 4) is 0 Å². The largest absolute Gasteiger partial charge is 0.335 e. The predicted octanol–water partition coefficient (Wildman–Crippen LogP) is 1.01. The lowest BCUT2D eigenvalue weighted by atomic mass is 10.2. The normalized spacial score (nSPS) is 23.2. The molecule has 1 unspecified atom stereocenters. The first-order chi connectivity index (χ1) is 8.83. The Morgan fingerprint density at radius 2 is 2.28 bits per heavy atom. The fourth-order valence-electron chi connectivity index (χ4n) is 2.58. The fourth-order valence-corrected chi connectivity index (χ4v) is 2.58. The van der Waals surface area contributed by atoms with Gasteiger partial charge in [0, 0.05) is 25.3 Å². The van der Waals surface area contributed by atoms with Gasteiger partial charge in [-0.2, -0.15) is 5.10 Å². The van der Waals surface area contributed by atoms with Gasteiger partial charge in [-0.25, -0.2) is 0 Å². The first-order valence-electron chi connectivity index (χ1n) is 6.85. The predicted molar refractivity (Wildman–Crippen MR) is 68.2 cm³/mol. The molecule has 2 N–H and O–H groups in total. The van der Waals surface area contributed by atoms with Crippen LogP contribution in [0.3, 0.4) is 0 Å². The molecule has 98 valence electrons. The number of H-pyrrole nitrogens is 1. The molecule has 1 aromatic rings. The topological polar surface area (TPSA) is 61.0 Å². The Labute approximate surface area is 107 Å². The van der Waals surface area contributed by atoms with Gasteiger partial charge < -0.3 is 10.2 Å². The Bertz CT molecular complexity index is 393. The molecular weight excluding hydrogens is 228 g/mol. The molecule has 3 rings (SSSR count). The van der Waals surface area contributed by atoms with Gasteiger partial charge in [0.2, 0.25) is 0 Å². The number of rotatable bonds is 5.